The van der Waals surface area contributed by atoms with E-state index in [2.05, 4.69) is 18.7 Å². The predicted molar refractivity (Wildman–Crippen MR) is 59.8 cm³/mol. The van der Waals surface area contributed by atoms with Crippen LogP contribution in [0.3, 0.4) is 0 Å². The van der Waals surface area contributed by atoms with Crippen molar-refractivity contribution in [2.24, 2.45) is 5.92 Å². The maximum absolute atomic E-state index is 9.79. The van der Waals surface area contributed by atoms with Crippen LogP contribution < -0.4 is 0 Å². The minimum Gasteiger partial charge on any atom is -0.393 e. The number of ether oxygens (including phenoxy) is 1. The van der Waals surface area contributed by atoms with Crippen LogP contribution in [0.25, 0.3) is 0 Å². The number of rotatable bonds is 2. The van der Waals surface area contributed by atoms with Gasteiger partial charge in [-0.3, -0.25) is 4.90 Å². The van der Waals surface area contributed by atoms with E-state index < -0.39 is 0 Å². The molecule has 3 nitrogen and oxygen atoms in total. The smallest absolute Gasteiger partial charge is 0.0753 e. The molecule has 1 saturated heterocycles. The summed E-state index contributed by atoms with van der Waals surface area (Å²) < 4.78 is 5.68. The summed E-state index contributed by atoms with van der Waals surface area (Å²) in [7, 11) is 0. The molecule has 2 unspecified atom stereocenters. The third-order valence-electron chi connectivity index (χ3n) is 3.62. The van der Waals surface area contributed by atoms with Crippen molar-refractivity contribution in [2.75, 3.05) is 26.2 Å². The van der Waals surface area contributed by atoms with E-state index in [0.29, 0.717) is 5.92 Å². The Bertz CT molecular complexity index is 218. The van der Waals surface area contributed by atoms with Gasteiger partial charge in [0, 0.05) is 19.6 Å². The summed E-state index contributed by atoms with van der Waals surface area (Å²) in [5.74, 6) is 0.499. The highest BCUT2D eigenvalue weighted by atomic mass is 16.5. The van der Waals surface area contributed by atoms with Gasteiger partial charge >= 0.3 is 0 Å². The Kier molecular flexibility index (Phi) is 3.33. The van der Waals surface area contributed by atoms with Crippen molar-refractivity contribution in [3.8, 4) is 0 Å². The van der Waals surface area contributed by atoms with Crippen LogP contribution in [0.15, 0.2) is 0 Å². The number of aliphatic hydroxyl groups excluding tert-OH is 1. The van der Waals surface area contributed by atoms with Gasteiger partial charge in [0.2, 0.25) is 0 Å². The fraction of sp³-hybridized carbons (Fsp3) is 1.00. The molecule has 2 rings (SSSR count). The Morgan fingerprint density at radius 1 is 1.40 bits per heavy atom. The van der Waals surface area contributed by atoms with Crippen molar-refractivity contribution < 1.29 is 9.84 Å². The summed E-state index contributed by atoms with van der Waals surface area (Å²) in [4.78, 5) is 2.45. The molecule has 0 amide bonds. The Balaban J connectivity index is 1.83. The van der Waals surface area contributed by atoms with Crippen molar-refractivity contribution in [3.63, 3.8) is 0 Å². The Morgan fingerprint density at radius 3 is 2.80 bits per heavy atom. The highest BCUT2D eigenvalue weighted by molar-refractivity contribution is 4.84. The molecule has 0 bridgehead atoms. The van der Waals surface area contributed by atoms with Crippen LogP contribution >= 0.6 is 0 Å². The van der Waals surface area contributed by atoms with E-state index in [1.54, 1.807) is 0 Å². The van der Waals surface area contributed by atoms with Crippen molar-refractivity contribution in [2.45, 2.75) is 44.8 Å². The average molecular weight is 213 g/mol. The van der Waals surface area contributed by atoms with Gasteiger partial charge in [0.15, 0.2) is 0 Å². The van der Waals surface area contributed by atoms with Gasteiger partial charge in [-0.15, -0.1) is 0 Å². The number of morpholine rings is 1. The van der Waals surface area contributed by atoms with Gasteiger partial charge in [-0.1, -0.05) is 6.42 Å². The molecule has 0 aromatic rings. The Labute approximate surface area is 92.4 Å². The zero-order valence-electron chi connectivity index (χ0n) is 9.91. The van der Waals surface area contributed by atoms with Gasteiger partial charge in [-0.05, 0) is 32.6 Å². The SMILES string of the molecule is CC1(C)CN(CC2CCCC2O)CCO1. The van der Waals surface area contributed by atoms with Crippen LogP contribution in [0.5, 0.6) is 0 Å². The molecule has 2 atom stereocenters. The molecular weight excluding hydrogens is 190 g/mol. The van der Waals surface area contributed by atoms with Gasteiger partial charge in [0.1, 0.15) is 0 Å². The van der Waals surface area contributed by atoms with Crippen LogP contribution in [0.1, 0.15) is 33.1 Å². The molecule has 2 aliphatic rings. The van der Waals surface area contributed by atoms with Crippen molar-refractivity contribution >= 4 is 0 Å². The zero-order valence-corrected chi connectivity index (χ0v) is 9.91. The van der Waals surface area contributed by atoms with E-state index in [4.69, 9.17) is 4.74 Å². The quantitative estimate of drug-likeness (QED) is 0.749. The van der Waals surface area contributed by atoms with Gasteiger partial charge < -0.3 is 9.84 Å². The van der Waals surface area contributed by atoms with E-state index in [1.165, 1.54) is 12.8 Å². The minimum atomic E-state index is -0.0593. The second-order valence-corrected chi connectivity index (χ2v) is 5.60. The lowest BCUT2D eigenvalue weighted by molar-refractivity contribution is -0.0916. The molecule has 0 radical (unpaired) electrons. The zero-order chi connectivity index (χ0) is 10.9. The lowest BCUT2D eigenvalue weighted by Crippen LogP contribution is -2.50. The number of aliphatic hydroxyl groups is 1. The maximum atomic E-state index is 9.79. The second-order valence-electron chi connectivity index (χ2n) is 5.60. The van der Waals surface area contributed by atoms with Gasteiger partial charge in [-0.25, -0.2) is 0 Å². The van der Waals surface area contributed by atoms with Crippen LogP contribution in [-0.2, 0) is 4.74 Å². The molecule has 0 spiro atoms. The highest BCUT2D eigenvalue weighted by Crippen LogP contribution is 2.27. The van der Waals surface area contributed by atoms with E-state index in [-0.39, 0.29) is 11.7 Å². The summed E-state index contributed by atoms with van der Waals surface area (Å²) >= 11 is 0. The molecule has 1 aliphatic carbocycles. The highest BCUT2D eigenvalue weighted by Gasteiger charge is 2.32. The molecule has 3 heteroatoms. The standard InChI is InChI=1S/C12H23NO2/c1-12(2)9-13(6-7-15-12)8-10-4-3-5-11(10)14/h10-11,14H,3-9H2,1-2H3. The van der Waals surface area contributed by atoms with Crippen molar-refractivity contribution in [1.82, 2.24) is 4.90 Å². The normalized spacial score (nSPS) is 37.0. The fourth-order valence-corrected chi connectivity index (χ4v) is 2.83. The lowest BCUT2D eigenvalue weighted by Gasteiger charge is -2.39. The first-order valence-electron chi connectivity index (χ1n) is 6.11. The largest absolute Gasteiger partial charge is 0.393 e. The molecule has 1 aliphatic heterocycles. The molecule has 2 fully saturated rings. The van der Waals surface area contributed by atoms with Gasteiger partial charge in [0.05, 0.1) is 18.3 Å². The first-order chi connectivity index (χ1) is 7.07. The molecule has 1 saturated carbocycles. The van der Waals surface area contributed by atoms with Crippen LogP contribution in [0, 0.1) is 5.92 Å². The third-order valence-corrected chi connectivity index (χ3v) is 3.62. The van der Waals surface area contributed by atoms with E-state index >= 15 is 0 Å². The summed E-state index contributed by atoms with van der Waals surface area (Å²) in [5, 5.41) is 9.79. The number of hydrogen-bond acceptors (Lipinski definition) is 3. The molecule has 1 N–H and O–H groups in total. The van der Waals surface area contributed by atoms with Crippen molar-refractivity contribution in [3.05, 3.63) is 0 Å². The van der Waals surface area contributed by atoms with Gasteiger partial charge in [-0.2, -0.15) is 0 Å². The third kappa shape index (κ3) is 2.92. The predicted octanol–water partition coefficient (Wildman–Crippen LogP) is 1.26. The molecule has 0 aromatic carbocycles. The summed E-state index contributed by atoms with van der Waals surface area (Å²) in [5.41, 5.74) is -0.0121. The monoisotopic (exact) mass is 213 g/mol. The summed E-state index contributed by atoms with van der Waals surface area (Å²) in [6.07, 6.45) is 3.33. The maximum Gasteiger partial charge on any atom is 0.0753 e. The molecule has 88 valence electrons. The lowest BCUT2D eigenvalue weighted by atomic mass is 10.0. The van der Waals surface area contributed by atoms with Gasteiger partial charge in [0.25, 0.3) is 0 Å². The molecule has 1 heterocycles. The van der Waals surface area contributed by atoms with E-state index in [0.717, 1.165) is 32.7 Å². The minimum absolute atomic E-state index is 0.0121. The number of hydrogen-bond donors (Lipinski definition) is 1. The van der Waals surface area contributed by atoms with Crippen LogP contribution in [0.2, 0.25) is 0 Å². The first kappa shape index (κ1) is 11.4. The molecule has 15 heavy (non-hydrogen) atoms. The average Bonchev–Trinajstić information content (AvgIpc) is 2.50. The summed E-state index contributed by atoms with van der Waals surface area (Å²) in [6.45, 7) is 8.18. The molecule has 0 aromatic heterocycles. The molecular formula is C12H23NO2. The topological polar surface area (TPSA) is 32.7 Å². The fourth-order valence-electron chi connectivity index (χ4n) is 2.83. The number of nitrogens with zero attached hydrogens (tertiary/aromatic N) is 1. The van der Waals surface area contributed by atoms with E-state index in [1.807, 2.05) is 0 Å². The Hall–Kier alpha value is -0.120. The summed E-state index contributed by atoms with van der Waals surface area (Å²) in [6, 6.07) is 0. The van der Waals surface area contributed by atoms with Crippen LogP contribution in [0.4, 0.5) is 0 Å². The second kappa shape index (κ2) is 4.40. The Morgan fingerprint density at radius 2 is 2.20 bits per heavy atom. The first-order valence-corrected chi connectivity index (χ1v) is 6.11. The van der Waals surface area contributed by atoms with Crippen molar-refractivity contribution in [1.29, 1.82) is 0 Å². The van der Waals surface area contributed by atoms with E-state index in [9.17, 15) is 5.11 Å². The van der Waals surface area contributed by atoms with Crippen LogP contribution in [-0.4, -0.2) is 48.0 Å².